The quantitative estimate of drug-likeness (QED) is 0.843. The molecule has 0 unspecified atom stereocenters. The van der Waals surface area contributed by atoms with Crippen LogP contribution in [0.2, 0.25) is 0 Å². The molecule has 0 atom stereocenters. The van der Waals surface area contributed by atoms with E-state index < -0.39 is 0 Å². The molecule has 17 heavy (non-hydrogen) atoms. The van der Waals surface area contributed by atoms with Gasteiger partial charge in [0.1, 0.15) is 0 Å². The van der Waals surface area contributed by atoms with Gasteiger partial charge in [0.25, 0.3) is 0 Å². The van der Waals surface area contributed by atoms with Gasteiger partial charge in [0, 0.05) is 19.8 Å². The first-order chi connectivity index (χ1) is 8.11. The number of aromatic nitrogens is 4. The predicted molar refractivity (Wildman–Crippen MR) is 68.2 cm³/mol. The molecule has 0 spiro atoms. The highest BCUT2D eigenvalue weighted by atomic mass is 15.3. The molecule has 0 aliphatic rings. The van der Waals surface area contributed by atoms with Crippen molar-refractivity contribution in [2.45, 2.75) is 26.8 Å². The SMILES string of the molecule is CCCn1nc(C)c(N)c1Nc1cnn(C)c1. The summed E-state index contributed by atoms with van der Waals surface area (Å²) in [5, 5.41) is 11.8. The largest absolute Gasteiger partial charge is 0.394 e. The van der Waals surface area contributed by atoms with E-state index in [4.69, 9.17) is 5.73 Å². The molecule has 0 radical (unpaired) electrons. The first-order valence-corrected chi connectivity index (χ1v) is 5.70. The number of nitrogens with zero attached hydrogens (tertiary/aromatic N) is 4. The Morgan fingerprint density at radius 2 is 2.24 bits per heavy atom. The van der Waals surface area contributed by atoms with Crippen molar-refractivity contribution in [3.8, 4) is 0 Å². The number of anilines is 3. The molecule has 0 saturated heterocycles. The van der Waals surface area contributed by atoms with Crippen molar-refractivity contribution < 1.29 is 0 Å². The second-order valence-electron chi connectivity index (χ2n) is 4.10. The summed E-state index contributed by atoms with van der Waals surface area (Å²) in [4.78, 5) is 0. The summed E-state index contributed by atoms with van der Waals surface area (Å²) >= 11 is 0. The van der Waals surface area contributed by atoms with Crippen LogP contribution in [-0.2, 0) is 13.6 Å². The van der Waals surface area contributed by atoms with Crippen LogP contribution in [0.15, 0.2) is 12.4 Å². The number of nitrogen functional groups attached to an aromatic ring is 1. The minimum Gasteiger partial charge on any atom is -0.394 e. The first kappa shape index (κ1) is 11.5. The van der Waals surface area contributed by atoms with Gasteiger partial charge in [0.15, 0.2) is 5.82 Å². The number of nitrogens with two attached hydrogens (primary N) is 1. The summed E-state index contributed by atoms with van der Waals surface area (Å²) in [6, 6.07) is 0. The maximum Gasteiger partial charge on any atom is 0.152 e. The fourth-order valence-corrected chi connectivity index (χ4v) is 1.72. The molecule has 0 amide bonds. The van der Waals surface area contributed by atoms with Crippen LogP contribution in [0.25, 0.3) is 0 Å². The minimum atomic E-state index is 0.697. The Balaban J connectivity index is 2.30. The number of hydrogen-bond acceptors (Lipinski definition) is 4. The van der Waals surface area contributed by atoms with Gasteiger partial charge in [0.2, 0.25) is 0 Å². The Morgan fingerprint density at radius 3 is 2.82 bits per heavy atom. The molecule has 0 saturated carbocycles. The predicted octanol–water partition coefficient (Wildman–Crippen LogP) is 1.66. The maximum absolute atomic E-state index is 6.02. The molecule has 0 fully saturated rings. The van der Waals surface area contributed by atoms with Crippen molar-refractivity contribution in [3.63, 3.8) is 0 Å². The number of hydrogen-bond donors (Lipinski definition) is 2. The average molecular weight is 234 g/mol. The molecule has 2 aromatic rings. The zero-order valence-electron chi connectivity index (χ0n) is 10.4. The van der Waals surface area contributed by atoms with E-state index >= 15 is 0 Å². The monoisotopic (exact) mass is 234 g/mol. The smallest absolute Gasteiger partial charge is 0.152 e. The van der Waals surface area contributed by atoms with Gasteiger partial charge in [-0.25, -0.2) is 4.68 Å². The molecule has 3 N–H and O–H groups in total. The van der Waals surface area contributed by atoms with Crippen LogP contribution >= 0.6 is 0 Å². The molecule has 0 aliphatic heterocycles. The molecule has 6 heteroatoms. The number of aryl methyl sites for hydroxylation is 3. The second kappa shape index (κ2) is 4.48. The summed E-state index contributed by atoms with van der Waals surface area (Å²) in [5.74, 6) is 0.845. The van der Waals surface area contributed by atoms with E-state index in [9.17, 15) is 0 Å². The summed E-state index contributed by atoms with van der Waals surface area (Å²) in [6.07, 6.45) is 4.68. The van der Waals surface area contributed by atoms with Crippen LogP contribution in [-0.4, -0.2) is 19.6 Å². The van der Waals surface area contributed by atoms with Gasteiger partial charge in [-0.15, -0.1) is 0 Å². The fourth-order valence-electron chi connectivity index (χ4n) is 1.72. The van der Waals surface area contributed by atoms with Crippen LogP contribution in [0.4, 0.5) is 17.2 Å². The van der Waals surface area contributed by atoms with Crippen LogP contribution in [0, 0.1) is 6.92 Å². The van der Waals surface area contributed by atoms with Crippen molar-refractivity contribution >= 4 is 17.2 Å². The van der Waals surface area contributed by atoms with Gasteiger partial charge in [-0.1, -0.05) is 6.92 Å². The van der Waals surface area contributed by atoms with E-state index in [2.05, 4.69) is 22.4 Å². The third-order valence-electron chi connectivity index (χ3n) is 2.58. The summed E-state index contributed by atoms with van der Waals surface area (Å²) < 4.78 is 3.64. The lowest BCUT2D eigenvalue weighted by molar-refractivity contribution is 0.605. The summed E-state index contributed by atoms with van der Waals surface area (Å²) in [5.41, 5.74) is 8.48. The summed E-state index contributed by atoms with van der Waals surface area (Å²) in [7, 11) is 1.88. The summed E-state index contributed by atoms with van der Waals surface area (Å²) in [6.45, 7) is 4.87. The Kier molecular flexibility index (Phi) is 3.03. The molecule has 6 nitrogen and oxygen atoms in total. The molecule has 2 rings (SSSR count). The lowest BCUT2D eigenvalue weighted by atomic mass is 10.4. The highest BCUT2D eigenvalue weighted by Gasteiger charge is 2.12. The molecule has 2 heterocycles. The number of rotatable bonds is 4. The Hall–Kier alpha value is -1.98. The highest BCUT2D eigenvalue weighted by Crippen LogP contribution is 2.25. The van der Waals surface area contributed by atoms with E-state index in [1.165, 1.54) is 0 Å². The Labute approximate surface area is 100 Å². The van der Waals surface area contributed by atoms with Crippen molar-refractivity contribution in [2.75, 3.05) is 11.1 Å². The molecule has 92 valence electrons. The molecular formula is C11H18N6. The molecule has 2 aromatic heterocycles. The van der Waals surface area contributed by atoms with Crippen molar-refractivity contribution in [1.29, 1.82) is 0 Å². The maximum atomic E-state index is 6.02. The minimum absolute atomic E-state index is 0.697. The third kappa shape index (κ3) is 2.25. The van der Waals surface area contributed by atoms with Crippen LogP contribution in [0.1, 0.15) is 19.0 Å². The number of nitrogens with one attached hydrogen (secondary N) is 1. The van der Waals surface area contributed by atoms with Gasteiger partial charge in [-0.05, 0) is 13.3 Å². The van der Waals surface area contributed by atoms with Crippen LogP contribution in [0.5, 0.6) is 0 Å². The van der Waals surface area contributed by atoms with Gasteiger partial charge in [0.05, 0.1) is 23.3 Å². The first-order valence-electron chi connectivity index (χ1n) is 5.70. The lowest BCUT2D eigenvalue weighted by Gasteiger charge is -2.07. The highest BCUT2D eigenvalue weighted by molar-refractivity contribution is 5.70. The normalized spacial score (nSPS) is 10.8. The second-order valence-corrected chi connectivity index (χ2v) is 4.10. The van der Waals surface area contributed by atoms with Crippen molar-refractivity contribution in [1.82, 2.24) is 19.6 Å². The van der Waals surface area contributed by atoms with Crippen LogP contribution < -0.4 is 11.1 Å². The van der Waals surface area contributed by atoms with Crippen molar-refractivity contribution in [3.05, 3.63) is 18.1 Å². The van der Waals surface area contributed by atoms with Gasteiger partial charge in [-0.3, -0.25) is 4.68 Å². The fraction of sp³-hybridized carbons (Fsp3) is 0.455. The zero-order valence-corrected chi connectivity index (χ0v) is 10.4. The standard InChI is InChI=1S/C11H18N6/c1-4-5-17-11(10(12)8(2)15-17)14-9-6-13-16(3)7-9/h6-7,14H,4-5,12H2,1-3H3. The van der Waals surface area contributed by atoms with E-state index in [-0.39, 0.29) is 0 Å². The third-order valence-corrected chi connectivity index (χ3v) is 2.58. The average Bonchev–Trinajstić information content (AvgIpc) is 2.79. The van der Waals surface area contributed by atoms with Gasteiger partial charge in [-0.2, -0.15) is 10.2 Å². The van der Waals surface area contributed by atoms with E-state index in [1.807, 2.05) is 24.9 Å². The Morgan fingerprint density at radius 1 is 1.47 bits per heavy atom. The van der Waals surface area contributed by atoms with E-state index in [0.717, 1.165) is 30.2 Å². The zero-order chi connectivity index (χ0) is 12.4. The van der Waals surface area contributed by atoms with E-state index in [0.29, 0.717) is 5.69 Å². The Bertz CT molecular complexity index is 510. The molecular weight excluding hydrogens is 216 g/mol. The van der Waals surface area contributed by atoms with Gasteiger partial charge < -0.3 is 11.1 Å². The van der Waals surface area contributed by atoms with Gasteiger partial charge >= 0.3 is 0 Å². The van der Waals surface area contributed by atoms with Crippen LogP contribution in [0.3, 0.4) is 0 Å². The van der Waals surface area contributed by atoms with Crippen molar-refractivity contribution in [2.24, 2.45) is 7.05 Å². The lowest BCUT2D eigenvalue weighted by Crippen LogP contribution is -2.05. The molecule has 0 aliphatic carbocycles. The van der Waals surface area contributed by atoms with E-state index in [1.54, 1.807) is 10.9 Å². The topological polar surface area (TPSA) is 73.7 Å². The molecule has 0 aromatic carbocycles. The molecule has 0 bridgehead atoms.